The Morgan fingerprint density at radius 2 is 1.07 bits per heavy atom. The summed E-state index contributed by atoms with van der Waals surface area (Å²) in [7, 11) is 0. The van der Waals surface area contributed by atoms with Gasteiger partial charge in [-0.05, 0) is 65.7 Å². The second kappa shape index (κ2) is 10.3. The fourth-order valence-electron chi connectivity index (χ4n) is 6.74. The molecule has 0 aliphatic carbocycles. The third-order valence-corrected chi connectivity index (χ3v) is 8.78. The van der Waals surface area contributed by atoms with Crippen LogP contribution in [0.5, 0.6) is 0 Å². The van der Waals surface area contributed by atoms with Crippen molar-refractivity contribution in [2.75, 3.05) is 4.90 Å². The lowest BCUT2D eigenvalue weighted by molar-refractivity contribution is 0.669. The molecule has 0 bridgehead atoms. The Balaban J connectivity index is 1.31. The van der Waals surface area contributed by atoms with Gasteiger partial charge in [-0.15, -0.1) is 0 Å². The van der Waals surface area contributed by atoms with E-state index in [0.717, 1.165) is 50.2 Å². The third kappa shape index (κ3) is 4.13. The van der Waals surface area contributed by atoms with E-state index in [1.165, 1.54) is 27.4 Å². The van der Waals surface area contributed by atoms with Crippen molar-refractivity contribution in [1.29, 1.82) is 0 Å². The highest BCUT2D eigenvalue weighted by atomic mass is 16.3. The molecule has 7 aromatic carbocycles. The topological polar surface area (TPSA) is 21.3 Å². The highest BCUT2D eigenvalue weighted by molar-refractivity contribution is 6.15. The Bertz CT molecular complexity index is 2470. The first-order valence-electron chi connectivity index (χ1n) is 15.3. The molecule has 0 amide bonds. The summed E-state index contributed by atoms with van der Waals surface area (Å²) in [5, 5.41) is 4.68. The molecule has 3 nitrogen and oxygen atoms in total. The van der Waals surface area contributed by atoms with Gasteiger partial charge in [0.25, 0.3) is 0 Å². The first-order valence-corrected chi connectivity index (χ1v) is 15.3. The number of benzene rings is 7. The van der Waals surface area contributed by atoms with Gasteiger partial charge in [0, 0.05) is 44.7 Å². The van der Waals surface area contributed by atoms with Gasteiger partial charge in [0.2, 0.25) is 0 Å². The maximum absolute atomic E-state index is 6.36. The van der Waals surface area contributed by atoms with E-state index in [1.54, 1.807) is 0 Å². The van der Waals surface area contributed by atoms with E-state index in [1.807, 2.05) is 12.1 Å². The van der Waals surface area contributed by atoms with E-state index in [2.05, 4.69) is 167 Å². The molecule has 2 aromatic heterocycles. The van der Waals surface area contributed by atoms with Crippen molar-refractivity contribution in [2.24, 2.45) is 0 Å². The minimum Gasteiger partial charge on any atom is -0.456 e. The zero-order chi connectivity index (χ0) is 29.7. The van der Waals surface area contributed by atoms with Crippen molar-refractivity contribution in [1.82, 2.24) is 4.57 Å². The molecular weight excluding hydrogens is 548 g/mol. The average molecular weight is 577 g/mol. The van der Waals surface area contributed by atoms with Crippen molar-refractivity contribution < 1.29 is 4.42 Å². The fourth-order valence-corrected chi connectivity index (χ4v) is 6.74. The number of hydrogen-bond acceptors (Lipinski definition) is 2. The summed E-state index contributed by atoms with van der Waals surface area (Å²) in [6.07, 6.45) is 0. The number of aromatic nitrogens is 1. The van der Waals surface area contributed by atoms with E-state index in [0.29, 0.717) is 0 Å². The maximum Gasteiger partial charge on any atom is 0.137 e. The molecule has 2 heterocycles. The van der Waals surface area contributed by atoms with Crippen LogP contribution < -0.4 is 4.90 Å². The molecule has 212 valence electrons. The van der Waals surface area contributed by atoms with Gasteiger partial charge in [0.05, 0.1) is 16.7 Å². The minimum absolute atomic E-state index is 0.874. The molecule has 45 heavy (non-hydrogen) atoms. The van der Waals surface area contributed by atoms with Crippen molar-refractivity contribution >= 4 is 60.8 Å². The Morgan fingerprint density at radius 3 is 1.89 bits per heavy atom. The molecule has 0 atom stereocenters. The number of hydrogen-bond donors (Lipinski definition) is 0. The monoisotopic (exact) mass is 576 g/mol. The summed E-state index contributed by atoms with van der Waals surface area (Å²) in [5.41, 5.74) is 10.8. The van der Waals surface area contributed by atoms with Gasteiger partial charge in [-0.25, -0.2) is 0 Å². The molecule has 0 saturated carbocycles. The van der Waals surface area contributed by atoms with Crippen LogP contribution in [-0.4, -0.2) is 4.57 Å². The van der Waals surface area contributed by atoms with Gasteiger partial charge < -0.3 is 13.9 Å². The van der Waals surface area contributed by atoms with Crippen LogP contribution in [0.4, 0.5) is 17.1 Å². The van der Waals surface area contributed by atoms with E-state index in [-0.39, 0.29) is 0 Å². The summed E-state index contributed by atoms with van der Waals surface area (Å²) < 4.78 is 8.77. The van der Waals surface area contributed by atoms with Crippen LogP contribution in [0.2, 0.25) is 0 Å². The van der Waals surface area contributed by atoms with Crippen LogP contribution in [-0.2, 0) is 0 Å². The standard InChI is InChI=1S/C42H28N2O/c1-3-12-29(13-4-1)30-22-24-32(25-23-30)44-38-19-9-7-16-34(38)37-18-11-20-39(42(37)44)43(31-14-5-2-6-15-31)33-26-27-36-35-17-8-10-21-40(35)45-41(36)28-33/h1-28H. The number of furan rings is 1. The molecule has 3 heteroatoms. The molecule has 0 aliphatic rings. The van der Waals surface area contributed by atoms with Crippen molar-refractivity contribution in [3.63, 3.8) is 0 Å². The van der Waals surface area contributed by atoms with Gasteiger partial charge in [-0.3, -0.25) is 0 Å². The van der Waals surface area contributed by atoms with Crippen LogP contribution in [0.15, 0.2) is 174 Å². The molecule has 9 aromatic rings. The molecule has 0 unspecified atom stereocenters. The third-order valence-electron chi connectivity index (χ3n) is 8.78. The predicted molar refractivity (Wildman–Crippen MR) is 188 cm³/mol. The zero-order valence-corrected chi connectivity index (χ0v) is 24.5. The van der Waals surface area contributed by atoms with Crippen LogP contribution in [0, 0.1) is 0 Å². The van der Waals surface area contributed by atoms with Gasteiger partial charge in [0.1, 0.15) is 11.2 Å². The molecule has 0 aliphatic heterocycles. The summed E-state index contributed by atoms with van der Waals surface area (Å²) in [6.45, 7) is 0. The smallest absolute Gasteiger partial charge is 0.137 e. The summed E-state index contributed by atoms with van der Waals surface area (Å²) in [5.74, 6) is 0. The Kier molecular flexibility index (Phi) is 5.82. The highest BCUT2D eigenvalue weighted by Gasteiger charge is 2.22. The fraction of sp³-hybridized carbons (Fsp3) is 0. The van der Waals surface area contributed by atoms with E-state index >= 15 is 0 Å². The van der Waals surface area contributed by atoms with Crippen LogP contribution >= 0.6 is 0 Å². The zero-order valence-electron chi connectivity index (χ0n) is 24.5. The molecule has 9 rings (SSSR count). The average Bonchev–Trinajstić information content (AvgIpc) is 3.65. The number of anilines is 3. The first kappa shape index (κ1) is 25.4. The van der Waals surface area contributed by atoms with Gasteiger partial charge >= 0.3 is 0 Å². The molecule has 0 radical (unpaired) electrons. The van der Waals surface area contributed by atoms with E-state index < -0.39 is 0 Å². The minimum atomic E-state index is 0.874. The summed E-state index contributed by atoms with van der Waals surface area (Å²) >= 11 is 0. The number of rotatable bonds is 5. The maximum atomic E-state index is 6.36. The number of nitrogens with zero attached hydrogens (tertiary/aromatic N) is 2. The summed E-state index contributed by atoms with van der Waals surface area (Å²) in [6, 6.07) is 60.2. The Labute approximate surface area is 260 Å². The molecule has 0 fully saturated rings. The van der Waals surface area contributed by atoms with Gasteiger partial charge in [-0.1, -0.05) is 109 Å². The van der Waals surface area contributed by atoms with Crippen LogP contribution in [0.25, 0.3) is 60.6 Å². The number of fused-ring (bicyclic) bond motifs is 6. The van der Waals surface area contributed by atoms with Crippen molar-refractivity contribution in [2.45, 2.75) is 0 Å². The second-order valence-electron chi connectivity index (χ2n) is 11.4. The predicted octanol–water partition coefficient (Wildman–Crippen LogP) is 11.8. The van der Waals surface area contributed by atoms with Gasteiger partial charge in [-0.2, -0.15) is 0 Å². The SMILES string of the molecule is c1ccc(-c2ccc(-n3c4ccccc4c4cccc(N(c5ccccc5)c5ccc6c(c5)oc5ccccc56)c43)cc2)cc1. The lowest BCUT2D eigenvalue weighted by Crippen LogP contribution is -2.11. The van der Waals surface area contributed by atoms with Gasteiger partial charge in [0.15, 0.2) is 0 Å². The lowest BCUT2D eigenvalue weighted by Gasteiger charge is -2.27. The Morgan fingerprint density at radius 1 is 0.422 bits per heavy atom. The van der Waals surface area contributed by atoms with Crippen LogP contribution in [0.3, 0.4) is 0 Å². The molecule has 0 N–H and O–H groups in total. The highest BCUT2D eigenvalue weighted by Crippen LogP contribution is 2.44. The summed E-state index contributed by atoms with van der Waals surface area (Å²) in [4.78, 5) is 2.35. The lowest BCUT2D eigenvalue weighted by atomic mass is 10.1. The van der Waals surface area contributed by atoms with E-state index in [4.69, 9.17) is 4.42 Å². The Hall–Kier alpha value is -6.06. The quantitative estimate of drug-likeness (QED) is 0.203. The van der Waals surface area contributed by atoms with Crippen molar-refractivity contribution in [3.05, 3.63) is 170 Å². The second-order valence-corrected chi connectivity index (χ2v) is 11.4. The molecule has 0 spiro atoms. The van der Waals surface area contributed by atoms with Crippen molar-refractivity contribution in [3.8, 4) is 16.8 Å². The largest absolute Gasteiger partial charge is 0.456 e. The first-order chi connectivity index (χ1) is 22.3. The number of para-hydroxylation sites is 4. The van der Waals surface area contributed by atoms with E-state index in [9.17, 15) is 0 Å². The molecular formula is C42H28N2O. The van der Waals surface area contributed by atoms with Crippen LogP contribution in [0.1, 0.15) is 0 Å². The molecule has 0 saturated heterocycles. The normalized spacial score (nSPS) is 11.6.